The van der Waals surface area contributed by atoms with Crippen molar-refractivity contribution < 1.29 is 8.83 Å². The van der Waals surface area contributed by atoms with Crippen LogP contribution in [-0.2, 0) is 0 Å². The monoisotopic (exact) mass is 706 g/mol. The second-order valence-electron chi connectivity index (χ2n) is 14.4. The van der Waals surface area contributed by atoms with Crippen LogP contribution in [0.25, 0.3) is 82.2 Å². The van der Waals surface area contributed by atoms with E-state index in [1.807, 2.05) is 24.3 Å². The van der Waals surface area contributed by atoms with E-state index < -0.39 is 0 Å². The van der Waals surface area contributed by atoms with Crippen molar-refractivity contribution in [3.8, 4) is 11.1 Å². The molecule has 0 saturated carbocycles. The summed E-state index contributed by atoms with van der Waals surface area (Å²) in [4.78, 5) is 11.1. The van der Waals surface area contributed by atoms with E-state index in [1.54, 1.807) is 0 Å². The Bertz CT molecular complexity index is 3280. The molecule has 3 heterocycles. The Hall–Kier alpha value is -7.04. The number of benzene rings is 8. The number of para-hydroxylation sites is 3. The molecule has 0 bridgehead atoms. The second kappa shape index (κ2) is 12.5. The minimum atomic E-state index is 0.681. The van der Waals surface area contributed by atoms with Crippen LogP contribution in [0.1, 0.15) is 36.5 Å². The molecule has 11 rings (SSSR count). The molecule has 2 aromatic heterocycles. The lowest BCUT2D eigenvalue weighted by atomic mass is 9.91. The molecule has 0 fully saturated rings. The van der Waals surface area contributed by atoms with Gasteiger partial charge in [-0.2, -0.15) is 0 Å². The van der Waals surface area contributed by atoms with Gasteiger partial charge in [-0.05, 0) is 100.0 Å². The summed E-state index contributed by atoms with van der Waals surface area (Å²) < 4.78 is 12.9. The molecule has 1 aliphatic rings. The molecular weight excluding hydrogens is 673 g/mol. The number of hydrogen-bond donors (Lipinski definition) is 0. The van der Waals surface area contributed by atoms with Gasteiger partial charge >= 0.3 is 0 Å². The Labute approximate surface area is 317 Å². The summed E-state index contributed by atoms with van der Waals surface area (Å²) in [6.07, 6.45) is 1.59. The van der Waals surface area contributed by atoms with Crippen LogP contribution in [0.3, 0.4) is 0 Å². The molecule has 0 spiro atoms. The predicted octanol–water partition coefficient (Wildman–Crippen LogP) is 13.9. The second-order valence-corrected chi connectivity index (χ2v) is 14.4. The SMILES string of the molecule is C\C1=C(c2cccc3c2oc2ccccc23)/N=C(c2ccc(-c3cccc4oc5ccccc5c34)c3ccccc23)\N=C(\c2ccc3ccccc3c2)CC1. The van der Waals surface area contributed by atoms with Crippen molar-refractivity contribution in [3.05, 3.63) is 186 Å². The summed E-state index contributed by atoms with van der Waals surface area (Å²) in [5.41, 5.74) is 12.0. The molecule has 10 aromatic rings. The van der Waals surface area contributed by atoms with E-state index in [2.05, 4.69) is 146 Å². The van der Waals surface area contributed by atoms with E-state index in [0.717, 1.165) is 107 Å². The maximum absolute atomic E-state index is 6.58. The number of aliphatic imine (C=N–C) groups is 2. The van der Waals surface area contributed by atoms with Gasteiger partial charge in [0.2, 0.25) is 0 Å². The fraction of sp³-hybridized carbons (Fsp3) is 0.0588. The van der Waals surface area contributed by atoms with Gasteiger partial charge in [-0.25, -0.2) is 9.98 Å². The normalized spacial score (nSPS) is 17.1. The zero-order valence-corrected chi connectivity index (χ0v) is 30.2. The van der Waals surface area contributed by atoms with Crippen molar-refractivity contribution in [2.75, 3.05) is 0 Å². The number of allylic oxidation sites excluding steroid dienone is 1. The highest BCUT2D eigenvalue weighted by Gasteiger charge is 2.22. The van der Waals surface area contributed by atoms with Crippen LogP contribution in [0, 0.1) is 0 Å². The van der Waals surface area contributed by atoms with Gasteiger partial charge in [-0.3, -0.25) is 0 Å². The smallest absolute Gasteiger partial charge is 0.160 e. The molecular formula is C51H34N2O2. The maximum Gasteiger partial charge on any atom is 0.160 e. The van der Waals surface area contributed by atoms with Gasteiger partial charge in [-0.15, -0.1) is 0 Å². The van der Waals surface area contributed by atoms with E-state index in [0.29, 0.717) is 5.84 Å². The number of amidine groups is 1. The van der Waals surface area contributed by atoms with Gasteiger partial charge in [0, 0.05) is 32.7 Å². The van der Waals surface area contributed by atoms with Crippen molar-refractivity contribution in [2.45, 2.75) is 19.8 Å². The summed E-state index contributed by atoms with van der Waals surface area (Å²) in [6.45, 7) is 2.21. The van der Waals surface area contributed by atoms with Gasteiger partial charge in [0.15, 0.2) is 5.84 Å². The third-order valence-electron chi connectivity index (χ3n) is 11.2. The third kappa shape index (κ3) is 5.14. The first-order valence-corrected chi connectivity index (χ1v) is 18.9. The van der Waals surface area contributed by atoms with Gasteiger partial charge < -0.3 is 8.83 Å². The molecule has 4 heteroatoms. The zero-order chi connectivity index (χ0) is 36.5. The first-order valence-electron chi connectivity index (χ1n) is 18.9. The first kappa shape index (κ1) is 31.5. The van der Waals surface area contributed by atoms with Crippen LogP contribution < -0.4 is 0 Å². The lowest BCUT2D eigenvalue weighted by molar-refractivity contribution is 0.667. The summed E-state index contributed by atoms with van der Waals surface area (Å²) in [6, 6.07) is 57.5. The highest BCUT2D eigenvalue weighted by atomic mass is 16.3. The average Bonchev–Trinajstić information content (AvgIpc) is 3.81. The van der Waals surface area contributed by atoms with Crippen LogP contribution in [0.2, 0.25) is 0 Å². The maximum atomic E-state index is 6.58. The highest BCUT2D eigenvalue weighted by molar-refractivity contribution is 6.22. The van der Waals surface area contributed by atoms with E-state index >= 15 is 0 Å². The van der Waals surface area contributed by atoms with Gasteiger partial charge in [0.05, 0.1) is 11.4 Å². The van der Waals surface area contributed by atoms with Gasteiger partial charge in [0.25, 0.3) is 0 Å². The quantitative estimate of drug-likeness (QED) is 0.183. The molecule has 260 valence electrons. The molecule has 0 amide bonds. The third-order valence-corrected chi connectivity index (χ3v) is 11.2. The zero-order valence-electron chi connectivity index (χ0n) is 30.2. The molecule has 4 nitrogen and oxygen atoms in total. The molecule has 0 saturated heterocycles. The summed E-state index contributed by atoms with van der Waals surface area (Å²) in [7, 11) is 0. The Kier molecular flexibility index (Phi) is 7.17. The van der Waals surface area contributed by atoms with Crippen LogP contribution in [0.4, 0.5) is 0 Å². The van der Waals surface area contributed by atoms with Crippen molar-refractivity contribution in [1.29, 1.82) is 0 Å². The van der Waals surface area contributed by atoms with E-state index in [1.165, 1.54) is 16.3 Å². The van der Waals surface area contributed by atoms with E-state index in [4.69, 9.17) is 18.8 Å². The fourth-order valence-electron chi connectivity index (χ4n) is 8.48. The van der Waals surface area contributed by atoms with Gasteiger partial charge in [0.1, 0.15) is 22.3 Å². The largest absolute Gasteiger partial charge is 0.456 e. The molecule has 55 heavy (non-hydrogen) atoms. The van der Waals surface area contributed by atoms with Crippen molar-refractivity contribution in [2.24, 2.45) is 9.98 Å². The van der Waals surface area contributed by atoms with Crippen molar-refractivity contribution >= 4 is 82.7 Å². The summed E-state index contributed by atoms with van der Waals surface area (Å²) in [5, 5.41) is 9.05. The molecule has 0 N–H and O–H groups in total. The summed E-state index contributed by atoms with van der Waals surface area (Å²) >= 11 is 0. The topological polar surface area (TPSA) is 51.0 Å². The number of rotatable bonds is 4. The molecule has 0 radical (unpaired) electrons. The van der Waals surface area contributed by atoms with Gasteiger partial charge in [-0.1, -0.05) is 127 Å². The number of fused-ring (bicyclic) bond motifs is 8. The first-order chi connectivity index (χ1) is 27.2. The number of furan rings is 2. The van der Waals surface area contributed by atoms with Crippen LogP contribution >= 0.6 is 0 Å². The Morgan fingerprint density at radius 3 is 1.93 bits per heavy atom. The Balaban J connectivity index is 1.16. The summed E-state index contributed by atoms with van der Waals surface area (Å²) in [5.74, 6) is 0.681. The van der Waals surface area contributed by atoms with Crippen LogP contribution in [0.15, 0.2) is 188 Å². The Morgan fingerprint density at radius 1 is 0.436 bits per heavy atom. The molecule has 8 aromatic carbocycles. The average molecular weight is 707 g/mol. The van der Waals surface area contributed by atoms with E-state index in [-0.39, 0.29) is 0 Å². The standard InChI is InChI=1S/C51H34N2O2/c1-31-24-29-44(34-26-25-32-12-2-3-13-33(32)30-34)52-51(53-49(31)43-20-10-19-40-38-16-6-8-21-45(38)55-50(40)43)41-28-27-37(35-14-4-5-15-36(35)41)39-18-11-23-47-48(39)42-17-7-9-22-46(42)54-47/h2-23,25-28,30H,24,29H2,1H3/b49-31+,52-44+,53-51-. The van der Waals surface area contributed by atoms with E-state index in [9.17, 15) is 0 Å². The van der Waals surface area contributed by atoms with Crippen molar-refractivity contribution in [1.82, 2.24) is 0 Å². The highest BCUT2D eigenvalue weighted by Crippen LogP contribution is 2.41. The van der Waals surface area contributed by atoms with Crippen molar-refractivity contribution in [3.63, 3.8) is 0 Å². The molecule has 0 atom stereocenters. The molecule has 0 aliphatic carbocycles. The fourth-order valence-corrected chi connectivity index (χ4v) is 8.48. The lowest BCUT2D eigenvalue weighted by Gasteiger charge is -2.18. The minimum Gasteiger partial charge on any atom is -0.456 e. The Morgan fingerprint density at radius 2 is 1.07 bits per heavy atom. The number of nitrogens with zero attached hydrogens (tertiary/aromatic N) is 2. The van der Waals surface area contributed by atoms with Crippen LogP contribution in [0.5, 0.6) is 0 Å². The number of hydrogen-bond acceptors (Lipinski definition) is 4. The predicted molar refractivity (Wildman–Crippen MR) is 229 cm³/mol. The lowest BCUT2D eigenvalue weighted by Crippen LogP contribution is -2.11. The minimum absolute atomic E-state index is 0.681. The molecule has 1 aliphatic heterocycles. The molecule has 0 unspecified atom stereocenters. The van der Waals surface area contributed by atoms with Crippen LogP contribution in [-0.4, -0.2) is 11.5 Å².